The Kier molecular flexibility index (Phi) is 6.10. The largest absolute Gasteiger partial charge is 0.492 e. The Morgan fingerprint density at radius 2 is 2.19 bits per heavy atom. The molecule has 0 spiro atoms. The van der Waals surface area contributed by atoms with Crippen LogP contribution in [0, 0.1) is 17.8 Å². The molecule has 0 amide bonds. The van der Waals surface area contributed by atoms with E-state index < -0.39 is 0 Å². The molecule has 0 heterocycles. The normalized spacial score (nSPS) is 14.1. The van der Waals surface area contributed by atoms with E-state index in [-0.39, 0.29) is 6.61 Å². The maximum atomic E-state index is 8.72. The molecule has 1 aliphatic rings. The van der Waals surface area contributed by atoms with Gasteiger partial charge < -0.3 is 9.84 Å². The van der Waals surface area contributed by atoms with Gasteiger partial charge in [-0.1, -0.05) is 31.8 Å². The molecule has 0 radical (unpaired) electrons. The third kappa shape index (κ3) is 5.79. The first kappa shape index (κ1) is 15.9. The molecule has 0 bridgehead atoms. The molecule has 114 valence electrons. The number of nitrogens with zero attached hydrogens (tertiary/aromatic N) is 1. The molecule has 0 aliphatic heterocycles. The van der Waals surface area contributed by atoms with E-state index in [9.17, 15) is 0 Å². The Balaban J connectivity index is 1.82. The molecule has 1 saturated carbocycles. The first-order valence-corrected chi connectivity index (χ1v) is 7.75. The summed E-state index contributed by atoms with van der Waals surface area (Å²) < 4.78 is 5.84. The zero-order chi connectivity index (χ0) is 15.1. The quantitative estimate of drug-likeness (QED) is 0.782. The van der Waals surface area contributed by atoms with Gasteiger partial charge in [-0.15, -0.1) is 0 Å². The predicted octanol–water partition coefficient (Wildman–Crippen LogP) is 2.53. The number of benzene rings is 1. The van der Waals surface area contributed by atoms with Gasteiger partial charge in [0.25, 0.3) is 0 Å². The van der Waals surface area contributed by atoms with Gasteiger partial charge in [-0.05, 0) is 37.0 Å². The molecule has 1 aliphatic carbocycles. The van der Waals surface area contributed by atoms with Gasteiger partial charge in [-0.25, -0.2) is 0 Å². The number of rotatable bonds is 7. The number of ether oxygens (including phenoxy) is 1. The second kappa shape index (κ2) is 8.07. The molecule has 3 nitrogen and oxygen atoms in total. The van der Waals surface area contributed by atoms with Gasteiger partial charge in [-0.2, -0.15) is 0 Å². The molecular formula is C18H25NO2. The number of aliphatic hydroxyl groups excluding tert-OH is 1. The summed E-state index contributed by atoms with van der Waals surface area (Å²) in [6.45, 7) is 7.25. The van der Waals surface area contributed by atoms with E-state index in [1.54, 1.807) is 0 Å². The monoisotopic (exact) mass is 287 g/mol. The fraction of sp³-hybridized carbons (Fsp3) is 0.556. The Morgan fingerprint density at radius 3 is 2.86 bits per heavy atom. The van der Waals surface area contributed by atoms with Crippen LogP contribution in [0.1, 0.15) is 32.3 Å². The molecule has 1 fully saturated rings. The molecule has 3 heteroatoms. The number of hydrogen-bond donors (Lipinski definition) is 1. The molecule has 2 rings (SSSR count). The lowest BCUT2D eigenvalue weighted by Crippen LogP contribution is -2.33. The lowest BCUT2D eigenvalue weighted by atomic mass is 10.2. The van der Waals surface area contributed by atoms with Crippen molar-refractivity contribution in [3.63, 3.8) is 0 Å². The van der Waals surface area contributed by atoms with Crippen molar-refractivity contribution in [2.24, 2.45) is 5.92 Å². The molecule has 21 heavy (non-hydrogen) atoms. The summed E-state index contributed by atoms with van der Waals surface area (Å²) in [5.41, 5.74) is 0.878. The summed E-state index contributed by atoms with van der Waals surface area (Å²) in [4.78, 5) is 2.54. The van der Waals surface area contributed by atoms with Crippen molar-refractivity contribution in [2.45, 2.75) is 32.7 Å². The van der Waals surface area contributed by atoms with Crippen molar-refractivity contribution in [2.75, 3.05) is 26.3 Å². The van der Waals surface area contributed by atoms with Gasteiger partial charge in [0, 0.05) is 24.7 Å². The Morgan fingerprint density at radius 1 is 1.38 bits per heavy atom. The van der Waals surface area contributed by atoms with Gasteiger partial charge in [0.15, 0.2) is 0 Å². The zero-order valence-corrected chi connectivity index (χ0v) is 13.0. The average molecular weight is 287 g/mol. The van der Waals surface area contributed by atoms with E-state index >= 15 is 0 Å². The van der Waals surface area contributed by atoms with Crippen molar-refractivity contribution >= 4 is 0 Å². The first-order valence-electron chi connectivity index (χ1n) is 7.75. The molecule has 0 saturated heterocycles. The van der Waals surface area contributed by atoms with Crippen LogP contribution in [0.15, 0.2) is 24.3 Å². The Labute approximate surface area is 127 Å². The van der Waals surface area contributed by atoms with Crippen LogP contribution in [0.3, 0.4) is 0 Å². The summed E-state index contributed by atoms with van der Waals surface area (Å²) >= 11 is 0. The van der Waals surface area contributed by atoms with E-state index in [0.29, 0.717) is 12.5 Å². The van der Waals surface area contributed by atoms with Crippen molar-refractivity contribution < 1.29 is 9.84 Å². The first-order chi connectivity index (χ1) is 10.2. The highest BCUT2D eigenvalue weighted by atomic mass is 16.5. The van der Waals surface area contributed by atoms with E-state index in [0.717, 1.165) is 30.4 Å². The smallest absolute Gasteiger partial charge is 0.120 e. The highest BCUT2D eigenvalue weighted by molar-refractivity contribution is 5.39. The van der Waals surface area contributed by atoms with Crippen molar-refractivity contribution in [3.8, 4) is 17.6 Å². The number of hydrogen-bond acceptors (Lipinski definition) is 3. The summed E-state index contributed by atoms with van der Waals surface area (Å²) in [5.74, 6) is 7.09. The van der Waals surface area contributed by atoms with E-state index in [2.05, 4.69) is 30.6 Å². The van der Waals surface area contributed by atoms with E-state index in [4.69, 9.17) is 9.84 Å². The fourth-order valence-corrected chi connectivity index (χ4v) is 2.42. The average Bonchev–Trinajstić information content (AvgIpc) is 3.29. The SMILES string of the molecule is CC(C)CN(CCOc1cccc(C#CCO)c1)C1CC1. The van der Waals surface area contributed by atoms with Crippen LogP contribution in [0.2, 0.25) is 0 Å². The molecular weight excluding hydrogens is 262 g/mol. The Bertz CT molecular complexity index is 497. The highest BCUT2D eigenvalue weighted by Gasteiger charge is 2.28. The molecule has 1 N–H and O–H groups in total. The number of aliphatic hydroxyl groups is 1. The van der Waals surface area contributed by atoms with Crippen LogP contribution in [0.5, 0.6) is 5.75 Å². The third-order valence-electron chi connectivity index (χ3n) is 3.46. The van der Waals surface area contributed by atoms with Crippen LogP contribution in [0.4, 0.5) is 0 Å². The van der Waals surface area contributed by atoms with Crippen LogP contribution in [-0.2, 0) is 0 Å². The van der Waals surface area contributed by atoms with Gasteiger partial charge in [0.05, 0.1) is 0 Å². The topological polar surface area (TPSA) is 32.7 Å². The second-order valence-corrected chi connectivity index (χ2v) is 5.96. The Hall–Kier alpha value is -1.50. The molecule has 1 aromatic carbocycles. The van der Waals surface area contributed by atoms with E-state index in [1.165, 1.54) is 12.8 Å². The molecule has 0 unspecified atom stereocenters. The summed E-state index contributed by atoms with van der Waals surface area (Å²) in [5, 5.41) is 8.72. The maximum absolute atomic E-state index is 8.72. The maximum Gasteiger partial charge on any atom is 0.120 e. The standard InChI is InChI=1S/C18H25NO2/c1-15(2)14-19(17-8-9-17)10-12-21-18-7-3-5-16(13-18)6-4-11-20/h3,5,7,13,15,17,20H,8-12,14H2,1-2H3. The van der Waals surface area contributed by atoms with Crippen LogP contribution >= 0.6 is 0 Å². The summed E-state index contributed by atoms with van der Waals surface area (Å²) in [6, 6.07) is 8.51. The van der Waals surface area contributed by atoms with Crippen molar-refractivity contribution in [3.05, 3.63) is 29.8 Å². The van der Waals surface area contributed by atoms with Crippen molar-refractivity contribution in [1.82, 2.24) is 4.90 Å². The van der Waals surface area contributed by atoms with Gasteiger partial charge in [-0.3, -0.25) is 4.90 Å². The summed E-state index contributed by atoms with van der Waals surface area (Å²) in [7, 11) is 0. The lowest BCUT2D eigenvalue weighted by Gasteiger charge is -2.23. The molecule has 0 aromatic heterocycles. The third-order valence-corrected chi connectivity index (χ3v) is 3.46. The summed E-state index contributed by atoms with van der Waals surface area (Å²) in [6.07, 6.45) is 2.66. The molecule has 0 atom stereocenters. The van der Waals surface area contributed by atoms with Crippen LogP contribution in [0.25, 0.3) is 0 Å². The van der Waals surface area contributed by atoms with Gasteiger partial charge in [0.2, 0.25) is 0 Å². The van der Waals surface area contributed by atoms with Crippen molar-refractivity contribution in [1.29, 1.82) is 0 Å². The van der Waals surface area contributed by atoms with Gasteiger partial charge in [0.1, 0.15) is 19.0 Å². The van der Waals surface area contributed by atoms with Crippen LogP contribution in [-0.4, -0.2) is 42.4 Å². The van der Waals surface area contributed by atoms with Gasteiger partial charge >= 0.3 is 0 Å². The van der Waals surface area contributed by atoms with Crippen LogP contribution < -0.4 is 4.74 Å². The minimum Gasteiger partial charge on any atom is -0.492 e. The lowest BCUT2D eigenvalue weighted by molar-refractivity contribution is 0.185. The zero-order valence-electron chi connectivity index (χ0n) is 13.0. The minimum atomic E-state index is -0.114. The highest BCUT2D eigenvalue weighted by Crippen LogP contribution is 2.27. The fourth-order valence-electron chi connectivity index (χ4n) is 2.42. The van der Waals surface area contributed by atoms with E-state index in [1.807, 2.05) is 24.3 Å². The minimum absolute atomic E-state index is 0.114. The molecule has 1 aromatic rings. The second-order valence-electron chi connectivity index (χ2n) is 5.96. The predicted molar refractivity (Wildman–Crippen MR) is 85.3 cm³/mol.